The van der Waals surface area contributed by atoms with Crippen LogP contribution in [0.4, 0.5) is 0 Å². The molecule has 96 valence electrons. The number of hydrogen-bond donors (Lipinski definition) is 1. The Morgan fingerprint density at radius 1 is 1.18 bits per heavy atom. The van der Waals surface area contributed by atoms with Crippen molar-refractivity contribution in [3.05, 3.63) is 0 Å². The highest BCUT2D eigenvalue weighted by atomic mass is 16.1. The zero-order chi connectivity index (χ0) is 11.8. The summed E-state index contributed by atoms with van der Waals surface area (Å²) in [4.78, 5) is 13.9. The average Bonchev–Trinajstić information content (AvgIpc) is 3.12. The summed E-state index contributed by atoms with van der Waals surface area (Å²) in [6.45, 7) is 4.02. The van der Waals surface area contributed by atoms with Crippen LogP contribution in [0.5, 0.6) is 0 Å². The second-order valence-corrected chi connectivity index (χ2v) is 6.36. The maximum absolute atomic E-state index is 11.2. The summed E-state index contributed by atoms with van der Waals surface area (Å²) in [6, 6.07) is 1.25. The largest absolute Gasteiger partial charge is 0.352 e. The second-order valence-electron chi connectivity index (χ2n) is 6.36. The van der Waals surface area contributed by atoms with Gasteiger partial charge in [-0.05, 0) is 37.5 Å². The highest BCUT2D eigenvalue weighted by molar-refractivity contribution is 5.73. The van der Waals surface area contributed by atoms with Gasteiger partial charge in [0.25, 0.3) is 0 Å². The van der Waals surface area contributed by atoms with Gasteiger partial charge in [-0.25, -0.2) is 0 Å². The van der Waals surface area contributed by atoms with Crippen LogP contribution >= 0.6 is 0 Å². The first-order valence-electron chi connectivity index (χ1n) is 7.22. The summed E-state index contributed by atoms with van der Waals surface area (Å²) in [7, 11) is 0. The average molecular weight is 236 g/mol. The van der Waals surface area contributed by atoms with Gasteiger partial charge in [-0.2, -0.15) is 0 Å². The molecule has 1 aliphatic heterocycles. The first-order chi connectivity index (χ1) is 8.20. The molecule has 0 radical (unpaired) electrons. The Hall–Kier alpha value is -0.570. The molecule has 2 aliphatic carbocycles. The molecule has 2 unspecified atom stereocenters. The molecule has 1 N–H and O–H groups in total. The third-order valence-corrected chi connectivity index (χ3v) is 4.40. The van der Waals surface area contributed by atoms with Crippen LogP contribution < -0.4 is 5.32 Å². The number of amides is 1. The number of carbonyl (C=O) groups excluding carboxylic acids is 1. The molecular formula is C14H24N2O. The third kappa shape index (κ3) is 3.21. The van der Waals surface area contributed by atoms with E-state index >= 15 is 0 Å². The maximum atomic E-state index is 11.2. The fourth-order valence-corrected chi connectivity index (χ4v) is 3.37. The predicted octanol–water partition coefficient (Wildman–Crippen LogP) is 1.78. The minimum absolute atomic E-state index is 0.137. The van der Waals surface area contributed by atoms with E-state index in [1.807, 2.05) is 0 Å². The van der Waals surface area contributed by atoms with E-state index in [-0.39, 0.29) is 5.91 Å². The van der Waals surface area contributed by atoms with Gasteiger partial charge in [-0.3, -0.25) is 9.69 Å². The van der Waals surface area contributed by atoms with Crippen molar-refractivity contribution in [3.63, 3.8) is 0 Å². The number of hydrogen-bond acceptors (Lipinski definition) is 2. The first-order valence-corrected chi connectivity index (χ1v) is 7.22. The Morgan fingerprint density at radius 2 is 1.94 bits per heavy atom. The van der Waals surface area contributed by atoms with Crippen molar-refractivity contribution in [3.8, 4) is 0 Å². The number of nitrogens with one attached hydrogen (secondary N) is 1. The van der Waals surface area contributed by atoms with E-state index in [1.165, 1.54) is 45.1 Å². The quantitative estimate of drug-likeness (QED) is 0.807. The number of rotatable bonds is 4. The highest BCUT2D eigenvalue weighted by Crippen LogP contribution is 2.39. The van der Waals surface area contributed by atoms with E-state index in [9.17, 15) is 4.79 Å². The van der Waals surface area contributed by atoms with E-state index in [0.717, 1.165) is 24.4 Å². The fraction of sp³-hybridized carbons (Fsp3) is 0.929. The van der Waals surface area contributed by atoms with Gasteiger partial charge >= 0.3 is 0 Å². The lowest BCUT2D eigenvalue weighted by molar-refractivity contribution is -0.120. The van der Waals surface area contributed by atoms with Gasteiger partial charge in [-0.1, -0.05) is 12.8 Å². The molecule has 0 aromatic heterocycles. The van der Waals surface area contributed by atoms with E-state index in [1.54, 1.807) is 6.92 Å². The second kappa shape index (κ2) is 4.60. The van der Waals surface area contributed by atoms with Gasteiger partial charge in [0.05, 0.1) is 0 Å². The Bertz CT molecular complexity index is 297. The molecule has 0 aromatic carbocycles. The van der Waals surface area contributed by atoms with Crippen LogP contribution in [-0.4, -0.2) is 36.0 Å². The van der Waals surface area contributed by atoms with E-state index in [4.69, 9.17) is 0 Å². The van der Waals surface area contributed by atoms with Crippen LogP contribution in [0.2, 0.25) is 0 Å². The molecule has 1 heterocycles. The van der Waals surface area contributed by atoms with E-state index in [0.29, 0.717) is 6.04 Å². The maximum Gasteiger partial charge on any atom is 0.217 e. The highest BCUT2D eigenvalue weighted by Gasteiger charge is 2.38. The molecule has 0 bridgehead atoms. The molecule has 2 saturated carbocycles. The molecular weight excluding hydrogens is 212 g/mol. The predicted molar refractivity (Wildman–Crippen MR) is 67.6 cm³/mol. The van der Waals surface area contributed by atoms with E-state index in [2.05, 4.69) is 10.2 Å². The van der Waals surface area contributed by atoms with Gasteiger partial charge < -0.3 is 5.32 Å². The van der Waals surface area contributed by atoms with Crippen LogP contribution in [0.3, 0.4) is 0 Å². The molecule has 3 nitrogen and oxygen atoms in total. The van der Waals surface area contributed by atoms with Crippen molar-refractivity contribution in [1.29, 1.82) is 0 Å². The van der Waals surface area contributed by atoms with Crippen molar-refractivity contribution in [1.82, 2.24) is 10.2 Å². The lowest BCUT2D eigenvalue weighted by Crippen LogP contribution is -2.51. The summed E-state index contributed by atoms with van der Waals surface area (Å²) in [6.07, 6.45) is 8.26. The fourth-order valence-electron chi connectivity index (χ4n) is 3.37. The molecule has 3 heteroatoms. The van der Waals surface area contributed by atoms with Gasteiger partial charge in [0.2, 0.25) is 5.91 Å². The van der Waals surface area contributed by atoms with Crippen LogP contribution in [0.15, 0.2) is 0 Å². The molecule has 0 spiro atoms. The molecule has 3 aliphatic rings. The lowest BCUT2D eigenvalue weighted by Gasteiger charge is -2.38. The topological polar surface area (TPSA) is 32.3 Å². The number of carbonyl (C=O) groups is 1. The SMILES string of the molecule is CC(=O)NC1CC(CC2CC2)CN(C2CC2)C1. The minimum atomic E-state index is 0.137. The van der Waals surface area contributed by atoms with Crippen molar-refractivity contribution in [2.45, 2.75) is 57.5 Å². The van der Waals surface area contributed by atoms with Crippen LogP contribution in [0.25, 0.3) is 0 Å². The summed E-state index contributed by atoms with van der Waals surface area (Å²) in [5.41, 5.74) is 0. The summed E-state index contributed by atoms with van der Waals surface area (Å²) >= 11 is 0. The zero-order valence-corrected chi connectivity index (χ0v) is 10.8. The molecule has 3 rings (SSSR count). The Morgan fingerprint density at radius 3 is 2.53 bits per heavy atom. The van der Waals surface area contributed by atoms with Crippen molar-refractivity contribution >= 4 is 5.91 Å². The normalized spacial score (nSPS) is 34.6. The molecule has 0 aromatic rings. The van der Waals surface area contributed by atoms with Gasteiger partial charge in [-0.15, -0.1) is 0 Å². The van der Waals surface area contributed by atoms with E-state index < -0.39 is 0 Å². The Kier molecular flexibility index (Phi) is 3.12. The number of likely N-dealkylation sites (tertiary alicyclic amines) is 1. The van der Waals surface area contributed by atoms with Gasteiger partial charge in [0, 0.05) is 32.1 Å². The van der Waals surface area contributed by atoms with Crippen LogP contribution in [0.1, 0.15) is 45.4 Å². The number of piperidine rings is 1. The smallest absolute Gasteiger partial charge is 0.217 e. The molecule has 17 heavy (non-hydrogen) atoms. The minimum Gasteiger partial charge on any atom is -0.352 e. The molecule has 2 atom stereocenters. The van der Waals surface area contributed by atoms with Gasteiger partial charge in [0.1, 0.15) is 0 Å². The lowest BCUT2D eigenvalue weighted by atomic mass is 9.89. The van der Waals surface area contributed by atoms with Crippen molar-refractivity contribution in [2.24, 2.45) is 11.8 Å². The Labute approximate surface area is 104 Å². The first kappa shape index (κ1) is 11.5. The van der Waals surface area contributed by atoms with Gasteiger partial charge in [0.15, 0.2) is 0 Å². The molecule has 1 amide bonds. The van der Waals surface area contributed by atoms with Crippen molar-refractivity contribution < 1.29 is 4.79 Å². The standard InChI is InChI=1S/C14H24N2O/c1-10(17)15-13-7-12(6-11-2-3-11)8-16(9-13)14-4-5-14/h11-14H,2-9H2,1H3,(H,15,17). The summed E-state index contributed by atoms with van der Waals surface area (Å²) < 4.78 is 0. The van der Waals surface area contributed by atoms with Crippen LogP contribution in [0, 0.1) is 11.8 Å². The van der Waals surface area contributed by atoms with Crippen LogP contribution in [-0.2, 0) is 4.79 Å². The van der Waals surface area contributed by atoms with Crippen molar-refractivity contribution in [2.75, 3.05) is 13.1 Å². The molecule has 3 fully saturated rings. The monoisotopic (exact) mass is 236 g/mol. The number of nitrogens with zero attached hydrogens (tertiary/aromatic N) is 1. The zero-order valence-electron chi connectivity index (χ0n) is 10.8. The summed E-state index contributed by atoms with van der Waals surface area (Å²) in [5, 5.41) is 3.14. The molecule has 1 saturated heterocycles. The summed E-state index contributed by atoms with van der Waals surface area (Å²) in [5.74, 6) is 1.98. The third-order valence-electron chi connectivity index (χ3n) is 4.40. The Balaban J connectivity index is 1.57.